The average Bonchev–Trinajstić information content (AvgIpc) is 3.10. The van der Waals surface area contributed by atoms with E-state index in [9.17, 15) is 0 Å². The summed E-state index contributed by atoms with van der Waals surface area (Å²) < 4.78 is 5.47. The zero-order valence-electron chi connectivity index (χ0n) is 9.67. The van der Waals surface area contributed by atoms with Crippen molar-refractivity contribution in [2.24, 2.45) is 5.73 Å². The number of furan rings is 1. The number of hydrogen-bond donors (Lipinski definition) is 1. The summed E-state index contributed by atoms with van der Waals surface area (Å²) in [5.41, 5.74) is 7.79. The van der Waals surface area contributed by atoms with Crippen LogP contribution in [-0.2, 0) is 6.54 Å². The largest absolute Gasteiger partial charge is 0.464 e. The highest BCUT2D eigenvalue weighted by atomic mass is 32.1. The molecule has 3 aromatic rings. The maximum Gasteiger partial charge on any atom is 0.134 e. The fraction of sp³-hybridized carbons (Fsp3) is 0.0714. The Kier molecular flexibility index (Phi) is 2.96. The van der Waals surface area contributed by atoms with Gasteiger partial charge in [0.05, 0.1) is 6.26 Å². The highest BCUT2D eigenvalue weighted by Gasteiger charge is 2.11. The highest BCUT2D eigenvalue weighted by Crippen LogP contribution is 2.35. The van der Waals surface area contributed by atoms with E-state index < -0.39 is 0 Å². The minimum atomic E-state index is 0.570. The molecule has 4 heteroatoms. The number of hydrogen-bond acceptors (Lipinski definition) is 4. The van der Waals surface area contributed by atoms with Gasteiger partial charge in [-0.05, 0) is 30.3 Å². The average molecular weight is 256 g/mol. The Morgan fingerprint density at radius 2 is 2.11 bits per heavy atom. The third-order valence-corrected chi connectivity index (χ3v) is 3.88. The molecule has 0 radical (unpaired) electrons. The zero-order valence-corrected chi connectivity index (χ0v) is 10.5. The summed E-state index contributed by atoms with van der Waals surface area (Å²) in [5, 5.41) is 0. The molecule has 0 atom stereocenters. The van der Waals surface area contributed by atoms with E-state index in [2.05, 4.69) is 17.1 Å². The monoisotopic (exact) mass is 256 g/mol. The molecule has 0 amide bonds. The lowest BCUT2D eigenvalue weighted by atomic mass is 10.1. The van der Waals surface area contributed by atoms with Crippen LogP contribution in [0, 0.1) is 0 Å². The second-order valence-electron chi connectivity index (χ2n) is 3.87. The molecule has 0 saturated carbocycles. The van der Waals surface area contributed by atoms with E-state index in [1.165, 1.54) is 4.88 Å². The van der Waals surface area contributed by atoms with Gasteiger partial charge in [0, 0.05) is 39.8 Å². The van der Waals surface area contributed by atoms with Crippen molar-refractivity contribution in [2.75, 3.05) is 0 Å². The van der Waals surface area contributed by atoms with Crippen molar-refractivity contribution in [3.63, 3.8) is 0 Å². The Bertz CT molecular complexity index is 643. The molecule has 0 aliphatic rings. The standard InChI is InChI=1S/C14H12N2OS/c15-8-10-3-4-14(18-10)12-9-16-6-5-11(12)13-2-1-7-17-13/h1-7,9H,8,15H2. The molecule has 3 heterocycles. The van der Waals surface area contributed by atoms with E-state index in [-0.39, 0.29) is 0 Å². The number of nitrogens with two attached hydrogens (primary N) is 1. The van der Waals surface area contributed by atoms with Crippen LogP contribution in [0.5, 0.6) is 0 Å². The van der Waals surface area contributed by atoms with Crippen molar-refractivity contribution in [3.05, 3.63) is 53.9 Å². The normalized spacial score (nSPS) is 10.7. The van der Waals surface area contributed by atoms with E-state index in [0.29, 0.717) is 6.54 Å². The predicted octanol–water partition coefficient (Wildman–Crippen LogP) is 3.53. The van der Waals surface area contributed by atoms with E-state index in [1.807, 2.05) is 24.4 Å². The smallest absolute Gasteiger partial charge is 0.134 e. The van der Waals surface area contributed by atoms with Crippen LogP contribution in [0.4, 0.5) is 0 Å². The van der Waals surface area contributed by atoms with Crippen molar-refractivity contribution >= 4 is 11.3 Å². The van der Waals surface area contributed by atoms with Crippen molar-refractivity contribution in [2.45, 2.75) is 6.54 Å². The second kappa shape index (κ2) is 4.76. The molecule has 90 valence electrons. The second-order valence-corrected chi connectivity index (χ2v) is 5.04. The first-order chi connectivity index (χ1) is 8.88. The van der Waals surface area contributed by atoms with E-state index in [4.69, 9.17) is 10.2 Å². The minimum absolute atomic E-state index is 0.570. The van der Waals surface area contributed by atoms with Gasteiger partial charge in [-0.3, -0.25) is 4.98 Å². The van der Waals surface area contributed by atoms with Crippen LogP contribution in [0.15, 0.2) is 53.4 Å². The van der Waals surface area contributed by atoms with Gasteiger partial charge in [-0.15, -0.1) is 11.3 Å². The lowest BCUT2D eigenvalue weighted by molar-refractivity contribution is 0.582. The van der Waals surface area contributed by atoms with Crippen molar-refractivity contribution < 1.29 is 4.42 Å². The molecule has 0 unspecified atom stereocenters. The molecule has 3 nitrogen and oxygen atoms in total. The number of pyridine rings is 1. The van der Waals surface area contributed by atoms with E-state index >= 15 is 0 Å². The summed E-state index contributed by atoms with van der Waals surface area (Å²) in [4.78, 5) is 6.53. The van der Waals surface area contributed by atoms with Gasteiger partial charge in [0.2, 0.25) is 0 Å². The van der Waals surface area contributed by atoms with Crippen molar-refractivity contribution in [1.29, 1.82) is 0 Å². The minimum Gasteiger partial charge on any atom is -0.464 e. The van der Waals surface area contributed by atoms with E-state index in [0.717, 1.165) is 21.8 Å². The van der Waals surface area contributed by atoms with Crippen molar-refractivity contribution in [3.8, 4) is 21.8 Å². The summed E-state index contributed by atoms with van der Waals surface area (Å²) in [6.45, 7) is 0.570. The first kappa shape index (κ1) is 11.2. The number of thiophene rings is 1. The van der Waals surface area contributed by atoms with Crippen molar-refractivity contribution in [1.82, 2.24) is 4.98 Å². The fourth-order valence-electron chi connectivity index (χ4n) is 1.87. The number of rotatable bonds is 3. The Balaban J connectivity index is 2.12. The van der Waals surface area contributed by atoms with Crippen LogP contribution in [0.3, 0.4) is 0 Å². The number of aromatic nitrogens is 1. The molecule has 0 aliphatic carbocycles. The molecule has 2 N–H and O–H groups in total. The molecule has 3 rings (SSSR count). The van der Waals surface area contributed by atoms with Gasteiger partial charge in [0.15, 0.2) is 0 Å². The molecule has 0 bridgehead atoms. The first-order valence-electron chi connectivity index (χ1n) is 5.65. The first-order valence-corrected chi connectivity index (χ1v) is 6.47. The van der Waals surface area contributed by atoms with Gasteiger partial charge in [-0.2, -0.15) is 0 Å². The Morgan fingerprint density at radius 3 is 2.83 bits per heavy atom. The summed E-state index contributed by atoms with van der Waals surface area (Å²) in [5.74, 6) is 0.857. The van der Waals surface area contributed by atoms with Crippen LogP contribution in [0.1, 0.15) is 4.88 Å². The van der Waals surface area contributed by atoms with E-state index in [1.54, 1.807) is 23.8 Å². The molecule has 0 spiro atoms. The summed E-state index contributed by atoms with van der Waals surface area (Å²) in [7, 11) is 0. The SMILES string of the molecule is NCc1ccc(-c2cnccc2-c2ccco2)s1. The van der Waals surface area contributed by atoms with Crippen LogP contribution < -0.4 is 5.73 Å². The molecule has 0 aromatic carbocycles. The molecular formula is C14H12N2OS. The predicted molar refractivity (Wildman–Crippen MR) is 73.1 cm³/mol. The molecule has 18 heavy (non-hydrogen) atoms. The van der Waals surface area contributed by atoms with Gasteiger partial charge in [0.1, 0.15) is 5.76 Å². The van der Waals surface area contributed by atoms with Crippen LogP contribution in [-0.4, -0.2) is 4.98 Å². The molecule has 3 aromatic heterocycles. The summed E-state index contributed by atoms with van der Waals surface area (Å²) in [6, 6.07) is 9.95. The third kappa shape index (κ3) is 1.96. The molecular weight excluding hydrogens is 244 g/mol. The molecule has 0 aliphatic heterocycles. The lowest BCUT2D eigenvalue weighted by Crippen LogP contribution is -1.91. The molecule has 0 saturated heterocycles. The zero-order chi connectivity index (χ0) is 12.4. The topological polar surface area (TPSA) is 52.0 Å². The van der Waals surface area contributed by atoms with Gasteiger partial charge in [-0.1, -0.05) is 0 Å². The summed E-state index contributed by atoms with van der Waals surface area (Å²) in [6.07, 6.45) is 5.32. The van der Waals surface area contributed by atoms with Crippen LogP contribution in [0.2, 0.25) is 0 Å². The third-order valence-electron chi connectivity index (χ3n) is 2.74. The van der Waals surface area contributed by atoms with Gasteiger partial charge < -0.3 is 10.2 Å². The maximum atomic E-state index is 5.65. The lowest BCUT2D eigenvalue weighted by Gasteiger charge is -2.04. The Morgan fingerprint density at radius 1 is 1.17 bits per heavy atom. The Labute approximate surface area is 109 Å². The molecule has 0 fully saturated rings. The van der Waals surface area contributed by atoms with Gasteiger partial charge in [0.25, 0.3) is 0 Å². The highest BCUT2D eigenvalue weighted by molar-refractivity contribution is 7.15. The van der Waals surface area contributed by atoms with Gasteiger partial charge >= 0.3 is 0 Å². The van der Waals surface area contributed by atoms with Gasteiger partial charge in [-0.25, -0.2) is 0 Å². The number of nitrogens with zero attached hydrogens (tertiary/aromatic N) is 1. The maximum absolute atomic E-state index is 5.65. The summed E-state index contributed by atoms with van der Waals surface area (Å²) >= 11 is 1.69. The van der Waals surface area contributed by atoms with Crippen LogP contribution in [0.25, 0.3) is 21.8 Å². The Hall–Kier alpha value is -1.91. The van der Waals surface area contributed by atoms with Crippen LogP contribution >= 0.6 is 11.3 Å². The fourth-order valence-corrected chi connectivity index (χ4v) is 2.78. The quantitative estimate of drug-likeness (QED) is 0.780.